The number of azo groups is 2. The highest BCUT2D eigenvalue weighted by Gasteiger charge is 2.15. The summed E-state index contributed by atoms with van der Waals surface area (Å²) in [5, 5.41) is 17.3. The van der Waals surface area contributed by atoms with Crippen LogP contribution in [0.3, 0.4) is 0 Å². The van der Waals surface area contributed by atoms with Crippen LogP contribution in [-0.4, -0.2) is 25.2 Å². The second-order valence-electron chi connectivity index (χ2n) is 14.8. The van der Waals surface area contributed by atoms with E-state index in [1.165, 1.54) is 95.2 Å². The fourth-order valence-corrected chi connectivity index (χ4v) is 6.38. The van der Waals surface area contributed by atoms with Gasteiger partial charge in [-0.05, 0) is 122 Å². The van der Waals surface area contributed by atoms with Crippen molar-refractivity contribution in [1.82, 2.24) is 0 Å². The van der Waals surface area contributed by atoms with Gasteiger partial charge in [0.1, 0.15) is 17.2 Å². The molecule has 11 heteroatoms. The molecule has 0 aromatic heterocycles. The number of halogens is 1. The maximum absolute atomic E-state index is 13.0. The van der Waals surface area contributed by atoms with E-state index in [0.717, 1.165) is 24.3 Å². The summed E-state index contributed by atoms with van der Waals surface area (Å²) in [6, 6.07) is 32.4. The summed E-state index contributed by atoms with van der Waals surface area (Å²) in [4.78, 5) is 26.0. The van der Waals surface area contributed by atoms with Gasteiger partial charge in [-0.15, -0.1) is 0 Å². The molecule has 0 N–H and O–H groups in total. The molecule has 0 aliphatic heterocycles. The normalized spacial score (nSPS) is 11.3. The lowest BCUT2D eigenvalue weighted by atomic mass is 10.1. The number of benzene rings is 5. The van der Waals surface area contributed by atoms with E-state index in [-0.39, 0.29) is 22.1 Å². The summed E-state index contributed by atoms with van der Waals surface area (Å²) in [6.07, 6.45) is 17.4. The van der Waals surface area contributed by atoms with Crippen molar-refractivity contribution in [3.8, 4) is 23.0 Å². The van der Waals surface area contributed by atoms with E-state index in [1.54, 1.807) is 48.5 Å². The van der Waals surface area contributed by atoms with E-state index in [0.29, 0.717) is 41.5 Å². The maximum atomic E-state index is 13.0. The molecule has 5 aromatic carbocycles. The van der Waals surface area contributed by atoms with Crippen molar-refractivity contribution in [2.45, 2.75) is 104 Å². The SMILES string of the molecule is CCCCCCCCCOc1ccc(N=Nc2ccc(C(=O)Oc3ccc(Cl)c(OC(=O)c4ccc(N=Nc5ccc(OCCCCCCCCC)cc5)cc4)c3)cc2)cc1. The van der Waals surface area contributed by atoms with Crippen molar-refractivity contribution in [1.29, 1.82) is 0 Å². The standard InChI is InChI=1S/C50H57ClN4O6/c1-3-5-7-9-11-13-15-35-58-44-29-25-42(26-30-44)54-52-40-21-17-38(18-22-40)49(56)60-46-33-34-47(51)48(37-46)61-50(57)39-19-23-41(24-20-39)53-55-43-27-31-45(32-28-43)59-36-16-14-12-10-8-6-4-2/h17-34,37H,3-16,35-36H2,1-2H3. The molecule has 0 aliphatic rings. The Kier molecular flexibility index (Phi) is 20.0. The van der Waals surface area contributed by atoms with Crippen LogP contribution in [-0.2, 0) is 0 Å². The van der Waals surface area contributed by atoms with Crippen molar-refractivity contribution in [3.63, 3.8) is 0 Å². The van der Waals surface area contributed by atoms with Gasteiger partial charge in [-0.25, -0.2) is 9.59 Å². The molecule has 0 unspecified atom stereocenters. The van der Waals surface area contributed by atoms with E-state index >= 15 is 0 Å². The lowest BCUT2D eigenvalue weighted by molar-refractivity contribution is 0.0733. The topological polar surface area (TPSA) is 121 Å². The molecule has 0 bridgehead atoms. The van der Waals surface area contributed by atoms with Crippen LogP contribution in [0.25, 0.3) is 0 Å². The van der Waals surface area contributed by atoms with Gasteiger partial charge in [0.2, 0.25) is 0 Å². The van der Waals surface area contributed by atoms with Gasteiger partial charge in [-0.3, -0.25) is 0 Å². The predicted octanol–water partition coefficient (Wildman–Crippen LogP) is 15.9. The summed E-state index contributed by atoms with van der Waals surface area (Å²) in [6.45, 7) is 5.87. The van der Waals surface area contributed by atoms with Crippen LogP contribution < -0.4 is 18.9 Å². The van der Waals surface area contributed by atoms with Gasteiger partial charge in [-0.2, -0.15) is 20.5 Å². The van der Waals surface area contributed by atoms with E-state index in [2.05, 4.69) is 34.3 Å². The minimum atomic E-state index is -0.645. The first kappa shape index (κ1) is 46.2. The van der Waals surface area contributed by atoms with Gasteiger partial charge in [0.05, 0.1) is 52.1 Å². The Bertz CT molecular complexity index is 2120. The zero-order chi connectivity index (χ0) is 42.9. The minimum Gasteiger partial charge on any atom is -0.494 e. The number of hydrogen-bond donors (Lipinski definition) is 0. The van der Waals surface area contributed by atoms with Crippen LogP contribution in [0.15, 0.2) is 136 Å². The highest BCUT2D eigenvalue weighted by molar-refractivity contribution is 6.32. The highest BCUT2D eigenvalue weighted by atomic mass is 35.5. The van der Waals surface area contributed by atoms with Gasteiger partial charge in [0.15, 0.2) is 5.75 Å². The van der Waals surface area contributed by atoms with Crippen molar-refractivity contribution in [2.75, 3.05) is 13.2 Å². The van der Waals surface area contributed by atoms with Crippen LogP contribution in [0.5, 0.6) is 23.0 Å². The summed E-state index contributed by atoms with van der Waals surface area (Å²) >= 11 is 6.34. The van der Waals surface area contributed by atoms with Crippen LogP contribution in [0.2, 0.25) is 5.02 Å². The summed E-state index contributed by atoms with van der Waals surface area (Å²) in [7, 11) is 0. The number of nitrogens with zero attached hydrogens (tertiary/aromatic N) is 4. The quantitative estimate of drug-likeness (QED) is 0.0236. The molecule has 5 rings (SSSR count). The van der Waals surface area contributed by atoms with Crippen LogP contribution in [0, 0.1) is 0 Å². The smallest absolute Gasteiger partial charge is 0.343 e. The molecule has 0 fully saturated rings. The Hall–Kier alpha value is -5.87. The third-order valence-corrected chi connectivity index (χ3v) is 10.1. The van der Waals surface area contributed by atoms with E-state index in [9.17, 15) is 9.59 Å². The first-order valence-corrected chi connectivity index (χ1v) is 22.0. The number of carbonyl (C=O) groups is 2. The summed E-state index contributed by atoms with van der Waals surface area (Å²) < 4.78 is 22.9. The fourth-order valence-electron chi connectivity index (χ4n) is 6.23. The third-order valence-electron chi connectivity index (χ3n) is 9.79. The number of unbranched alkanes of at least 4 members (excludes halogenated alkanes) is 12. The van der Waals surface area contributed by atoms with Gasteiger partial charge in [-0.1, -0.05) is 102 Å². The van der Waals surface area contributed by atoms with Gasteiger partial charge in [0.25, 0.3) is 0 Å². The van der Waals surface area contributed by atoms with Crippen molar-refractivity contribution in [3.05, 3.63) is 131 Å². The Labute approximate surface area is 365 Å². The van der Waals surface area contributed by atoms with Crippen molar-refractivity contribution < 1.29 is 28.5 Å². The van der Waals surface area contributed by atoms with Crippen LogP contribution >= 0.6 is 11.6 Å². The molecule has 0 radical (unpaired) electrons. The van der Waals surface area contributed by atoms with Gasteiger partial charge < -0.3 is 18.9 Å². The van der Waals surface area contributed by atoms with Crippen LogP contribution in [0.4, 0.5) is 22.7 Å². The molecule has 61 heavy (non-hydrogen) atoms. The predicted molar refractivity (Wildman–Crippen MR) is 242 cm³/mol. The molecule has 0 amide bonds. The van der Waals surface area contributed by atoms with Gasteiger partial charge in [0, 0.05) is 6.07 Å². The Morgan fingerprint density at radius 2 is 0.770 bits per heavy atom. The molecule has 0 saturated heterocycles. The first-order valence-electron chi connectivity index (χ1n) is 21.6. The molecule has 0 aliphatic carbocycles. The lowest BCUT2D eigenvalue weighted by Gasteiger charge is -2.09. The van der Waals surface area contributed by atoms with Crippen molar-refractivity contribution >= 4 is 46.3 Å². The number of rotatable bonds is 26. The van der Waals surface area contributed by atoms with Gasteiger partial charge >= 0.3 is 11.9 Å². The van der Waals surface area contributed by atoms with Crippen LogP contribution in [0.1, 0.15) is 124 Å². The third kappa shape index (κ3) is 17.0. The highest BCUT2D eigenvalue weighted by Crippen LogP contribution is 2.31. The number of esters is 2. The number of carbonyl (C=O) groups excluding carboxylic acids is 2. The zero-order valence-corrected chi connectivity index (χ0v) is 36.2. The summed E-state index contributed by atoms with van der Waals surface area (Å²) in [5.41, 5.74) is 3.06. The molecule has 0 heterocycles. The number of hydrogen-bond acceptors (Lipinski definition) is 10. The molecule has 0 atom stereocenters. The Morgan fingerprint density at radius 3 is 1.18 bits per heavy atom. The molecule has 0 saturated carbocycles. The average molecular weight is 845 g/mol. The minimum absolute atomic E-state index is 0.0408. The van der Waals surface area contributed by atoms with Crippen molar-refractivity contribution in [2.24, 2.45) is 20.5 Å². The zero-order valence-electron chi connectivity index (χ0n) is 35.4. The molecule has 320 valence electrons. The second-order valence-corrected chi connectivity index (χ2v) is 15.2. The average Bonchev–Trinajstić information content (AvgIpc) is 3.29. The first-order chi connectivity index (χ1) is 29.9. The molecule has 0 spiro atoms. The largest absolute Gasteiger partial charge is 0.494 e. The Morgan fingerprint density at radius 1 is 0.426 bits per heavy atom. The molecular weight excluding hydrogens is 788 g/mol. The summed E-state index contributed by atoms with van der Waals surface area (Å²) in [5.74, 6) is 0.552. The second kappa shape index (κ2) is 26.4. The van der Waals surface area contributed by atoms with E-state index in [4.69, 9.17) is 30.5 Å². The monoisotopic (exact) mass is 844 g/mol. The fraction of sp³-hybridized carbons (Fsp3) is 0.360. The van der Waals surface area contributed by atoms with E-state index < -0.39 is 11.9 Å². The maximum Gasteiger partial charge on any atom is 0.343 e. The lowest BCUT2D eigenvalue weighted by Crippen LogP contribution is -2.10. The molecule has 5 aromatic rings. The molecular formula is C50H57ClN4O6. The van der Waals surface area contributed by atoms with E-state index in [1.807, 2.05) is 48.5 Å². The molecule has 10 nitrogen and oxygen atoms in total. The Balaban J connectivity index is 1.04. The number of ether oxygens (including phenoxy) is 4.